The maximum atomic E-state index is 12.2. The van der Waals surface area contributed by atoms with E-state index in [1.54, 1.807) is 6.92 Å². The largest absolute Gasteiger partial charge is 0.343 e. The van der Waals surface area contributed by atoms with Crippen molar-refractivity contribution in [3.8, 4) is 0 Å². The smallest absolute Gasteiger partial charge is 0.245 e. The normalized spacial score (nSPS) is 33.5. The molecule has 96 valence electrons. The highest BCUT2D eigenvalue weighted by molar-refractivity contribution is 5.94. The molecule has 1 saturated carbocycles. The summed E-state index contributed by atoms with van der Waals surface area (Å²) >= 11 is 0. The van der Waals surface area contributed by atoms with E-state index in [1.165, 1.54) is 6.42 Å². The molecule has 4 heteroatoms. The fourth-order valence-corrected chi connectivity index (χ4v) is 3.15. The number of carbonyl (C=O) groups excluding carboxylic acids is 2. The SMILES string of the molecule is CC1NC(=O)CN(C2CCCCC2(C)C)C1=O. The van der Waals surface area contributed by atoms with Crippen LogP contribution in [0.3, 0.4) is 0 Å². The van der Waals surface area contributed by atoms with Crippen LogP contribution in [0.25, 0.3) is 0 Å². The molecule has 1 aliphatic heterocycles. The second kappa shape index (κ2) is 4.31. The minimum Gasteiger partial charge on any atom is -0.343 e. The third kappa shape index (κ3) is 2.31. The first kappa shape index (κ1) is 12.4. The Bertz CT molecular complexity index is 338. The molecule has 1 heterocycles. The zero-order valence-electron chi connectivity index (χ0n) is 11.0. The van der Waals surface area contributed by atoms with Gasteiger partial charge in [-0.2, -0.15) is 0 Å². The van der Waals surface area contributed by atoms with Gasteiger partial charge in [-0.05, 0) is 25.2 Å². The molecular weight excluding hydrogens is 216 g/mol. The molecule has 4 nitrogen and oxygen atoms in total. The Morgan fingerprint density at radius 3 is 2.65 bits per heavy atom. The molecule has 2 aliphatic rings. The van der Waals surface area contributed by atoms with E-state index in [0.29, 0.717) is 0 Å². The first-order chi connectivity index (χ1) is 7.92. The van der Waals surface area contributed by atoms with Crippen molar-refractivity contribution in [2.45, 2.75) is 58.5 Å². The van der Waals surface area contributed by atoms with E-state index in [2.05, 4.69) is 19.2 Å². The molecule has 2 atom stereocenters. The van der Waals surface area contributed by atoms with Gasteiger partial charge in [0.25, 0.3) is 0 Å². The van der Waals surface area contributed by atoms with Crippen LogP contribution in [0.5, 0.6) is 0 Å². The molecule has 1 saturated heterocycles. The fourth-order valence-electron chi connectivity index (χ4n) is 3.15. The Kier molecular flexibility index (Phi) is 3.15. The molecule has 0 aromatic carbocycles. The van der Waals surface area contributed by atoms with E-state index < -0.39 is 0 Å². The molecule has 0 aromatic rings. The zero-order valence-corrected chi connectivity index (χ0v) is 11.0. The summed E-state index contributed by atoms with van der Waals surface area (Å²) in [4.78, 5) is 25.6. The van der Waals surface area contributed by atoms with Crippen molar-refractivity contribution in [2.75, 3.05) is 6.54 Å². The van der Waals surface area contributed by atoms with Crippen LogP contribution in [-0.4, -0.2) is 35.3 Å². The number of hydrogen-bond acceptors (Lipinski definition) is 2. The number of amides is 2. The van der Waals surface area contributed by atoms with Crippen LogP contribution in [0.4, 0.5) is 0 Å². The van der Waals surface area contributed by atoms with Crippen molar-refractivity contribution < 1.29 is 9.59 Å². The average molecular weight is 238 g/mol. The lowest BCUT2D eigenvalue weighted by Gasteiger charge is -2.47. The molecule has 1 aliphatic carbocycles. The summed E-state index contributed by atoms with van der Waals surface area (Å²) in [6.07, 6.45) is 4.55. The topological polar surface area (TPSA) is 49.4 Å². The lowest BCUT2D eigenvalue weighted by molar-refractivity contribution is -0.149. The summed E-state index contributed by atoms with van der Waals surface area (Å²) in [7, 11) is 0. The molecule has 17 heavy (non-hydrogen) atoms. The summed E-state index contributed by atoms with van der Waals surface area (Å²) in [5.74, 6) is 0.0445. The molecule has 2 unspecified atom stereocenters. The van der Waals surface area contributed by atoms with Gasteiger partial charge in [-0.3, -0.25) is 9.59 Å². The average Bonchev–Trinajstić information content (AvgIpc) is 2.23. The first-order valence-electron chi connectivity index (χ1n) is 6.52. The number of nitrogens with one attached hydrogen (secondary N) is 1. The molecule has 2 rings (SSSR count). The number of carbonyl (C=O) groups is 2. The van der Waals surface area contributed by atoms with Gasteiger partial charge in [-0.15, -0.1) is 0 Å². The van der Waals surface area contributed by atoms with Gasteiger partial charge in [0.2, 0.25) is 11.8 Å². The number of hydrogen-bond donors (Lipinski definition) is 1. The molecule has 2 amide bonds. The molecule has 0 bridgehead atoms. The molecule has 1 N–H and O–H groups in total. The van der Waals surface area contributed by atoms with Gasteiger partial charge in [-0.25, -0.2) is 0 Å². The predicted molar refractivity (Wildman–Crippen MR) is 65.4 cm³/mol. The van der Waals surface area contributed by atoms with Gasteiger partial charge in [-0.1, -0.05) is 26.7 Å². The summed E-state index contributed by atoms with van der Waals surface area (Å²) < 4.78 is 0. The van der Waals surface area contributed by atoms with Crippen molar-refractivity contribution in [2.24, 2.45) is 5.41 Å². The molecule has 0 radical (unpaired) electrons. The highest BCUT2D eigenvalue weighted by atomic mass is 16.2. The van der Waals surface area contributed by atoms with Crippen LogP contribution in [-0.2, 0) is 9.59 Å². The standard InChI is InChI=1S/C13H22N2O2/c1-9-12(17)15(8-11(16)14-9)10-6-4-5-7-13(10,2)3/h9-10H,4-8H2,1-3H3,(H,14,16). The quantitative estimate of drug-likeness (QED) is 0.748. The van der Waals surface area contributed by atoms with Gasteiger partial charge in [0, 0.05) is 6.04 Å². The molecule has 0 spiro atoms. The lowest BCUT2D eigenvalue weighted by atomic mass is 9.72. The van der Waals surface area contributed by atoms with Gasteiger partial charge < -0.3 is 10.2 Å². The van der Waals surface area contributed by atoms with E-state index >= 15 is 0 Å². The number of nitrogens with zero attached hydrogens (tertiary/aromatic N) is 1. The van der Waals surface area contributed by atoms with Crippen molar-refractivity contribution in [3.05, 3.63) is 0 Å². The summed E-state index contributed by atoms with van der Waals surface area (Å²) in [5.41, 5.74) is 0.130. The van der Waals surface area contributed by atoms with Crippen molar-refractivity contribution in [1.29, 1.82) is 0 Å². The Hall–Kier alpha value is -1.06. The van der Waals surface area contributed by atoms with Crippen LogP contribution in [0.2, 0.25) is 0 Å². The third-order valence-corrected chi connectivity index (χ3v) is 4.17. The maximum absolute atomic E-state index is 12.2. The van der Waals surface area contributed by atoms with Crippen molar-refractivity contribution in [3.63, 3.8) is 0 Å². The van der Waals surface area contributed by atoms with Crippen LogP contribution in [0.1, 0.15) is 46.5 Å². The van der Waals surface area contributed by atoms with E-state index in [4.69, 9.17) is 0 Å². The summed E-state index contributed by atoms with van der Waals surface area (Å²) in [5, 5.41) is 2.70. The van der Waals surface area contributed by atoms with Gasteiger partial charge in [0.1, 0.15) is 6.04 Å². The Morgan fingerprint density at radius 2 is 2.00 bits per heavy atom. The Morgan fingerprint density at radius 1 is 1.29 bits per heavy atom. The van der Waals surface area contributed by atoms with E-state index in [1.807, 2.05) is 4.90 Å². The summed E-state index contributed by atoms with van der Waals surface area (Å²) in [6.45, 7) is 6.42. The van der Waals surface area contributed by atoms with Crippen molar-refractivity contribution >= 4 is 11.8 Å². The highest BCUT2D eigenvalue weighted by Crippen LogP contribution is 2.39. The first-order valence-corrected chi connectivity index (χ1v) is 6.52. The number of rotatable bonds is 1. The molecule has 2 fully saturated rings. The van der Waals surface area contributed by atoms with Crippen LogP contribution in [0.15, 0.2) is 0 Å². The Labute approximate surface area is 103 Å². The minimum absolute atomic E-state index is 0.0292. The van der Waals surface area contributed by atoms with Crippen molar-refractivity contribution in [1.82, 2.24) is 10.2 Å². The van der Waals surface area contributed by atoms with Crippen LogP contribution >= 0.6 is 0 Å². The Balaban J connectivity index is 2.19. The van der Waals surface area contributed by atoms with Crippen LogP contribution in [0, 0.1) is 5.41 Å². The maximum Gasteiger partial charge on any atom is 0.245 e. The molecular formula is C13H22N2O2. The van der Waals surface area contributed by atoms with E-state index in [9.17, 15) is 9.59 Å². The van der Waals surface area contributed by atoms with Gasteiger partial charge >= 0.3 is 0 Å². The zero-order chi connectivity index (χ0) is 12.6. The fraction of sp³-hybridized carbons (Fsp3) is 0.846. The second-order valence-corrected chi connectivity index (χ2v) is 6.01. The van der Waals surface area contributed by atoms with E-state index in [0.717, 1.165) is 19.3 Å². The summed E-state index contributed by atoms with van der Waals surface area (Å²) in [6, 6.07) is -0.147. The number of piperazine rings is 1. The van der Waals surface area contributed by atoms with E-state index in [-0.39, 0.29) is 35.9 Å². The molecule has 0 aromatic heterocycles. The van der Waals surface area contributed by atoms with Gasteiger partial charge in [0.05, 0.1) is 6.54 Å². The monoisotopic (exact) mass is 238 g/mol. The van der Waals surface area contributed by atoms with Gasteiger partial charge in [0.15, 0.2) is 0 Å². The highest BCUT2D eigenvalue weighted by Gasteiger charge is 2.42. The second-order valence-electron chi connectivity index (χ2n) is 6.01. The lowest BCUT2D eigenvalue weighted by Crippen LogP contribution is -2.62. The van der Waals surface area contributed by atoms with Crippen LogP contribution < -0.4 is 5.32 Å². The predicted octanol–water partition coefficient (Wildman–Crippen LogP) is 1.30. The minimum atomic E-state index is -0.367. The third-order valence-electron chi connectivity index (χ3n) is 4.17.